The SMILES string of the molecule is CCC(=O)ONC(N)=O.[H-].[Na+]. The molecule has 0 radical (unpaired) electrons. The van der Waals surface area contributed by atoms with E-state index in [-0.39, 0.29) is 37.4 Å². The Hall–Kier alpha value is -0.260. The second kappa shape index (κ2) is 6.85. The molecule has 0 saturated carbocycles. The summed E-state index contributed by atoms with van der Waals surface area (Å²) in [6, 6.07) is -0.878. The Kier molecular flexibility index (Phi) is 8.51. The molecule has 0 atom stereocenters. The topological polar surface area (TPSA) is 81.4 Å². The molecule has 0 aliphatic rings. The third-order valence-electron chi connectivity index (χ3n) is 0.554. The fourth-order valence-electron chi connectivity index (χ4n) is 0.179. The minimum absolute atomic E-state index is 0. The number of hydrogen-bond acceptors (Lipinski definition) is 3. The van der Waals surface area contributed by atoms with Crippen LogP contribution >= 0.6 is 0 Å². The van der Waals surface area contributed by atoms with Crippen LogP contribution in [0.5, 0.6) is 0 Å². The molecular weight excluding hydrogens is 147 g/mol. The number of nitrogens with two attached hydrogens (primary N) is 1. The maximum Gasteiger partial charge on any atom is 1.00 e. The number of hydroxylamine groups is 1. The van der Waals surface area contributed by atoms with E-state index in [0.717, 1.165) is 0 Å². The Labute approximate surface area is 82.0 Å². The minimum atomic E-state index is -0.878. The van der Waals surface area contributed by atoms with Gasteiger partial charge in [-0.2, -0.15) is 5.48 Å². The average molecular weight is 156 g/mol. The van der Waals surface area contributed by atoms with Crippen LogP contribution in [0.1, 0.15) is 14.8 Å². The molecule has 10 heavy (non-hydrogen) atoms. The largest absolute Gasteiger partial charge is 1.00 e. The molecular formula is C4H9N2NaO3. The minimum Gasteiger partial charge on any atom is -1.00 e. The van der Waals surface area contributed by atoms with E-state index < -0.39 is 12.0 Å². The number of primary amides is 1. The fraction of sp³-hybridized carbons (Fsp3) is 0.500. The molecule has 0 unspecified atom stereocenters. The van der Waals surface area contributed by atoms with Crippen molar-refractivity contribution in [3.8, 4) is 0 Å². The first-order chi connectivity index (χ1) is 4.16. The molecule has 2 amide bonds. The molecule has 0 aromatic heterocycles. The third kappa shape index (κ3) is 7.74. The molecule has 5 nitrogen and oxygen atoms in total. The van der Waals surface area contributed by atoms with Crippen molar-refractivity contribution >= 4 is 12.0 Å². The van der Waals surface area contributed by atoms with Crippen LogP contribution in [-0.4, -0.2) is 12.0 Å². The smallest absolute Gasteiger partial charge is 1.00 e. The van der Waals surface area contributed by atoms with Gasteiger partial charge in [-0.15, -0.1) is 0 Å². The van der Waals surface area contributed by atoms with E-state index in [1.54, 1.807) is 12.4 Å². The van der Waals surface area contributed by atoms with Crippen molar-refractivity contribution in [1.82, 2.24) is 5.48 Å². The maximum absolute atomic E-state index is 10.2. The summed E-state index contributed by atoms with van der Waals surface area (Å²) >= 11 is 0. The summed E-state index contributed by atoms with van der Waals surface area (Å²) in [6.07, 6.45) is 0.209. The average Bonchev–Trinajstić information content (AvgIpc) is 1.83. The number of carbonyl (C=O) groups excluding carboxylic acids is 2. The standard InChI is InChI=1S/C4H8N2O3.Na.H/c1-2-3(7)9-6-4(5)8;;/h2H2,1H3,(H3,5,6,8);;/q;+1;-1. The predicted octanol–water partition coefficient (Wildman–Crippen LogP) is -3.36. The van der Waals surface area contributed by atoms with Crippen LogP contribution in [0.15, 0.2) is 0 Å². The first kappa shape index (κ1) is 12.4. The second-order valence-corrected chi connectivity index (χ2v) is 1.29. The molecule has 0 aliphatic heterocycles. The molecule has 0 rings (SSSR count). The summed E-state index contributed by atoms with van der Waals surface area (Å²) in [4.78, 5) is 24.2. The monoisotopic (exact) mass is 156 g/mol. The number of hydrogen-bond donors (Lipinski definition) is 2. The molecule has 0 bridgehead atoms. The van der Waals surface area contributed by atoms with Gasteiger partial charge in [0.2, 0.25) is 0 Å². The zero-order valence-corrected chi connectivity index (χ0v) is 8.01. The third-order valence-corrected chi connectivity index (χ3v) is 0.554. The van der Waals surface area contributed by atoms with E-state index in [4.69, 9.17) is 0 Å². The van der Waals surface area contributed by atoms with E-state index in [1.165, 1.54) is 0 Å². The molecule has 0 heterocycles. The van der Waals surface area contributed by atoms with Crippen LogP contribution in [0.2, 0.25) is 0 Å². The second-order valence-electron chi connectivity index (χ2n) is 1.29. The van der Waals surface area contributed by atoms with Gasteiger partial charge in [0.1, 0.15) is 0 Å². The van der Waals surface area contributed by atoms with Crippen molar-refractivity contribution < 1.29 is 45.4 Å². The van der Waals surface area contributed by atoms with Crippen LogP contribution < -0.4 is 40.8 Å². The molecule has 0 fully saturated rings. The van der Waals surface area contributed by atoms with Gasteiger partial charge in [-0.1, -0.05) is 6.92 Å². The number of nitrogens with one attached hydrogen (secondary N) is 1. The van der Waals surface area contributed by atoms with Crippen molar-refractivity contribution in [2.75, 3.05) is 0 Å². The van der Waals surface area contributed by atoms with Crippen LogP contribution in [0.4, 0.5) is 4.79 Å². The van der Waals surface area contributed by atoms with E-state index in [1.807, 2.05) is 0 Å². The van der Waals surface area contributed by atoms with Gasteiger partial charge in [0.25, 0.3) is 0 Å². The first-order valence-electron chi connectivity index (χ1n) is 2.42. The quantitative estimate of drug-likeness (QED) is 0.307. The van der Waals surface area contributed by atoms with Gasteiger partial charge < -0.3 is 12.0 Å². The number of amides is 2. The summed E-state index contributed by atoms with van der Waals surface area (Å²) in [5.74, 6) is -0.520. The summed E-state index contributed by atoms with van der Waals surface area (Å²) in [6.45, 7) is 1.60. The van der Waals surface area contributed by atoms with Crippen molar-refractivity contribution in [1.29, 1.82) is 0 Å². The zero-order chi connectivity index (χ0) is 7.28. The number of urea groups is 1. The molecule has 0 aromatic rings. The van der Waals surface area contributed by atoms with E-state index in [2.05, 4.69) is 10.6 Å². The van der Waals surface area contributed by atoms with Gasteiger partial charge in [0.15, 0.2) is 0 Å². The van der Waals surface area contributed by atoms with Crippen LogP contribution in [0.3, 0.4) is 0 Å². The zero-order valence-electron chi connectivity index (χ0n) is 7.01. The predicted molar refractivity (Wildman–Crippen MR) is 30.2 cm³/mol. The Bertz CT molecular complexity index is 133. The van der Waals surface area contributed by atoms with E-state index >= 15 is 0 Å². The van der Waals surface area contributed by atoms with Crippen LogP contribution in [0, 0.1) is 0 Å². The van der Waals surface area contributed by atoms with Gasteiger partial charge in [-0.05, 0) is 0 Å². The molecule has 54 valence electrons. The van der Waals surface area contributed by atoms with E-state index in [0.29, 0.717) is 0 Å². The Balaban J connectivity index is -0.000000320. The summed E-state index contributed by atoms with van der Waals surface area (Å²) < 4.78 is 0. The molecule has 6 heteroatoms. The number of rotatable bonds is 1. The molecule has 0 aromatic carbocycles. The molecule has 3 N–H and O–H groups in total. The van der Waals surface area contributed by atoms with E-state index in [9.17, 15) is 9.59 Å². The van der Waals surface area contributed by atoms with Crippen molar-refractivity contribution in [3.63, 3.8) is 0 Å². The van der Waals surface area contributed by atoms with Crippen molar-refractivity contribution in [3.05, 3.63) is 0 Å². The fourth-order valence-corrected chi connectivity index (χ4v) is 0.179. The van der Waals surface area contributed by atoms with Crippen LogP contribution in [0.25, 0.3) is 0 Å². The van der Waals surface area contributed by atoms with Gasteiger partial charge in [-0.3, -0.25) is 0 Å². The summed E-state index contributed by atoms with van der Waals surface area (Å²) in [7, 11) is 0. The summed E-state index contributed by atoms with van der Waals surface area (Å²) in [5.41, 5.74) is 6.25. The van der Waals surface area contributed by atoms with Gasteiger partial charge in [0.05, 0.1) is 0 Å². The first-order valence-corrected chi connectivity index (χ1v) is 2.42. The summed E-state index contributed by atoms with van der Waals surface area (Å²) in [5, 5.41) is 0. The molecule has 0 spiro atoms. The van der Waals surface area contributed by atoms with Gasteiger partial charge in [0, 0.05) is 6.42 Å². The Morgan fingerprint density at radius 3 is 2.50 bits per heavy atom. The van der Waals surface area contributed by atoms with Gasteiger partial charge in [-0.25, -0.2) is 9.59 Å². The molecule has 0 saturated heterocycles. The maximum atomic E-state index is 10.2. The molecule has 0 aliphatic carbocycles. The Morgan fingerprint density at radius 2 is 2.20 bits per heavy atom. The van der Waals surface area contributed by atoms with Gasteiger partial charge >= 0.3 is 41.6 Å². The number of carbonyl (C=O) groups is 2. The normalized spacial score (nSPS) is 7.30. The Morgan fingerprint density at radius 1 is 1.70 bits per heavy atom. The van der Waals surface area contributed by atoms with Crippen molar-refractivity contribution in [2.24, 2.45) is 5.73 Å². The van der Waals surface area contributed by atoms with Crippen LogP contribution in [-0.2, 0) is 9.63 Å². The van der Waals surface area contributed by atoms with Crippen molar-refractivity contribution in [2.45, 2.75) is 13.3 Å².